The molecule has 1 aromatic heterocycles. The van der Waals surface area contributed by atoms with Gasteiger partial charge in [0.05, 0.1) is 0 Å². The predicted molar refractivity (Wildman–Crippen MR) is 114 cm³/mol. The number of thioether (sulfide) groups is 1. The number of aromatic nitrogens is 3. The second-order valence-corrected chi connectivity index (χ2v) is 8.36. The molecule has 0 aliphatic rings. The summed E-state index contributed by atoms with van der Waals surface area (Å²) in [4.78, 5) is 0. The van der Waals surface area contributed by atoms with Crippen molar-refractivity contribution in [1.29, 1.82) is 0 Å². The van der Waals surface area contributed by atoms with Gasteiger partial charge in [-0.05, 0) is 68.7 Å². The monoisotopic (exact) mass is 445 g/mol. The Morgan fingerprint density at radius 3 is 2.48 bits per heavy atom. The largest absolute Gasteiger partial charge is 0.483 e. The van der Waals surface area contributed by atoms with Crippen LogP contribution in [0.4, 0.5) is 0 Å². The fraction of sp³-hybridized carbons (Fsp3) is 0.333. The van der Waals surface area contributed by atoms with Gasteiger partial charge in [-0.25, -0.2) is 0 Å². The van der Waals surface area contributed by atoms with E-state index in [1.165, 1.54) is 16.7 Å². The van der Waals surface area contributed by atoms with Crippen LogP contribution in [-0.2, 0) is 12.3 Å². The Balaban J connectivity index is 1.72. The molecule has 0 saturated heterocycles. The van der Waals surface area contributed by atoms with Crippen LogP contribution in [0.25, 0.3) is 0 Å². The van der Waals surface area contributed by atoms with Crippen LogP contribution >= 0.6 is 27.7 Å². The second kappa shape index (κ2) is 8.93. The van der Waals surface area contributed by atoms with Crippen LogP contribution in [0.1, 0.15) is 42.5 Å². The first-order chi connectivity index (χ1) is 13.0. The van der Waals surface area contributed by atoms with E-state index in [2.05, 4.69) is 87.9 Å². The van der Waals surface area contributed by atoms with Crippen molar-refractivity contribution in [2.45, 2.75) is 51.3 Å². The topological polar surface area (TPSA) is 39.9 Å². The van der Waals surface area contributed by atoms with Crippen molar-refractivity contribution in [3.8, 4) is 5.75 Å². The zero-order valence-electron chi connectivity index (χ0n) is 16.1. The summed E-state index contributed by atoms with van der Waals surface area (Å²) in [7, 11) is 0. The minimum absolute atomic E-state index is 0.165. The molecule has 3 aromatic rings. The van der Waals surface area contributed by atoms with Crippen molar-refractivity contribution in [2.75, 3.05) is 0 Å². The number of halogens is 1. The van der Waals surface area contributed by atoms with Gasteiger partial charge in [0, 0.05) is 16.8 Å². The van der Waals surface area contributed by atoms with E-state index in [1.54, 1.807) is 11.8 Å². The summed E-state index contributed by atoms with van der Waals surface area (Å²) in [5.41, 5.74) is 3.75. The van der Waals surface area contributed by atoms with Crippen molar-refractivity contribution in [3.05, 3.63) is 69.5 Å². The summed E-state index contributed by atoms with van der Waals surface area (Å²) >= 11 is 5.17. The van der Waals surface area contributed by atoms with Crippen molar-refractivity contribution < 1.29 is 4.74 Å². The lowest BCUT2D eigenvalue weighted by Gasteiger charge is -2.16. The maximum Gasteiger partial charge on any atom is 0.191 e. The molecule has 142 valence electrons. The number of hydrogen-bond acceptors (Lipinski definition) is 4. The SMILES string of the molecule is CCn1c(SCc2ccc(Br)cc2)nnc1C(C)Oc1ccc(C)c(C)c1. The molecule has 0 bridgehead atoms. The Hall–Kier alpha value is -1.79. The lowest BCUT2D eigenvalue weighted by molar-refractivity contribution is 0.209. The van der Waals surface area contributed by atoms with Crippen molar-refractivity contribution in [2.24, 2.45) is 0 Å². The van der Waals surface area contributed by atoms with E-state index in [9.17, 15) is 0 Å². The first kappa shape index (κ1) is 20.0. The molecule has 0 radical (unpaired) electrons. The number of aryl methyl sites for hydroxylation is 2. The molecule has 1 atom stereocenters. The average molecular weight is 446 g/mol. The van der Waals surface area contributed by atoms with Gasteiger partial charge in [0.15, 0.2) is 17.1 Å². The van der Waals surface area contributed by atoms with Crippen molar-refractivity contribution in [1.82, 2.24) is 14.8 Å². The molecule has 0 N–H and O–H groups in total. The van der Waals surface area contributed by atoms with Crippen LogP contribution < -0.4 is 4.74 Å². The minimum atomic E-state index is -0.165. The molecule has 1 heterocycles. The van der Waals surface area contributed by atoms with Crippen LogP contribution in [-0.4, -0.2) is 14.8 Å². The molecular formula is C21H24BrN3OS. The Morgan fingerprint density at radius 1 is 1.07 bits per heavy atom. The van der Waals surface area contributed by atoms with E-state index in [0.29, 0.717) is 0 Å². The summed E-state index contributed by atoms with van der Waals surface area (Å²) in [6, 6.07) is 14.5. The molecule has 27 heavy (non-hydrogen) atoms. The Kier molecular flexibility index (Phi) is 6.60. The van der Waals surface area contributed by atoms with E-state index < -0.39 is 0 Å². The van der Waals surface area contributed by atoms with Crippen LogP contribution in [0, 0.1) is 13.8 Å². The van der Waals surface area contributed by atoms with Crippen LogP contribution in [0.3, 0.4) is 0 Å². The minimum Gasteiger partial charge on any atom is -0.483 e. The standard InChI is InChI=1S/C21H24BrN3OS/c1-5-25-20(16(4)26-19-11-6-14(2)15(3)12-19)23-24-21(25)27-13-17-7-9-18(22)10-8-17/h6-12,16H,5,13H2,1-4H3. The molecule has 0 saturated carbocycles. The smallest absolute Gasteiger partial charge is 0.191 e. The van der Waals surface area contributed by atoms with Gasteiger partial charge >= 0.3 is 0 Å². The normalized spacial score (nSPS) is 12.2. The van der Waals surface area contributed by atoms with Gasteiger partial charge in [-0.15, -0.1) is 10.2 Å². The zero-order chi connectivity index (χ0) is 19.4. The Morgan fingerprint density at radius 2 is 1.81 bits per heavy atom. The van der Waals surface area contributed by atoms with Gasteiger partial charge in [-0.1, -0.05) is 45.9 Å². The van der Waals surface area contributed by atoms with Crippen LogP contribution in [0.5, 0.6) is 5.75 Å². The van der Waals surface area contributed by atoms with Crippen LogP contribution in [0.15, 0.2) is 52.1 Å². The Bertz CT molecular complexity index is 908. The predicted octanol–water partition coefficient (Wildman–Crippen LogP) is 6.11. The molecule has 3 rings (SSSR count). The number of rotatable bonds is 7. The van der Waals surface area contributed by atoms with Gasteiger partial charge in [-0.3, -0.25) is 0 Å². The van der Waals surface area contributed by atoms with E-state index in [4.69, 9.17) is 4.74 Å². The molecule has 4 nitrogen and oxygen atoms in total. The molecule has 0 aliphatic heterocycles. The number of nitrogens with zero attached hydrogens (tertiary/aromatic N) is 3. The van der Waals surface area contributed by atoms with Crippen molar-refractivity contribution in [3.63, 3.8) is 0 Å². The maximum absolute atomic E-state index is 6.13. The summed E-state index contributed by atoms with van der Waals surface area (Å²) < 4.78 is 9.35. The molecule has 0 aliphatic carbocycles. The molecule has 0 fully saturated rings. The fourth-order valence-electron chi connectivity index (χ4n) is 2.78. The van der Waals surface area contributed by atoms with Gasteiger partial charge in [0.2, 0.25) is 0 Å². The Labute approximate surface area is 173 Å². The lowest BCUT2D eigenvalue weighted by Crippen LogP contribution is -2.12. The van der Waals surface area contributed by atoms with Crippen molar-refractivity contribution >= 4 is 27.7 Å². The van der Waals surface area contributed by atoms with Crippen LogP contribution in [0.2, 0.25) is 0 Å². The molecule has 0 spiro atoms. The quantitative estimate of drug-likeness (QED) is 0.411. The van der Waals surface area contributed by atoms with Gasteiger partial charge in [-0.2, -0.15) is 0 Å². The summed E-state index contributed by atoms with van der Waals surface area (Å²) in [5.74, 6) is 2.58. The molecule has 1 unspecified atom stereocenters. The number of hydrogen-bond donors (Lipinski definition) is 0. The van der Waals surface area contributed by atoms with Gasteiger partial charge < -0.3 is 9.30 Å². The van der Waals surface area contributed by atoms with E-state index in [1.807, 2.05) is 13.0 Å². The van der Waals surface area contributed by atoms with E-state index >= 15 is 0 Å². The van der Waals surface area contributed by atoms with E-state index in [0.717, 1.165) is 33.5 Å². The highest BCUT2D eigenvalue weighted by Gasteiger charge is 2.19. The summed E-state index contributed by atoms with van der Waals surface area (Å²) in [6.07, 6.45) is -0.165. The number of benzene rings is 2. The third kappa shape index (κ3) is 4.93. The lowest BCUT2D eigenvalue weighted by atomic mass is 10.1. The summed E-state index contributed by atoms with van der Waals surface area (Å²) in [5, 5.41) is 9.73. The fourth-order valence-corrected chi connectivity index (χ4v) is 4.01. The highest BCUT2D eigenvalue weighted by molar-refractivity contribution is 9.10. The average Bonchev–Trinajstić information content (AvgIpc) is 3.07. The zero-order valence-corrected chi connectivity index (χ0v) is 18.5. The third-order valence-corrected chi connectivity index (χ3v) is 6.06. The van der Waals surface area contributed by atoms with Gasteiger partial charge in [0.1, 0.15) is 5.75 Å². The molecule has 6 heteroatoms. The van der Waals surface area contributed by atoms with Gasteiger partial charge in [0.25, 0.3) is 0 Å². The summed E-state index contributed by atoms with van der Waals surface area (Å²) in [6.45, 7) is 9.14. The number of ether oxygens (including phenoxy) is 1. The first-order valence-corrected chi connectivity index (χ1v) is 10.8. The maximum atomic E-state index is 6.13. The highest BCUT2D eigenvalue weighted by atomic mass is 79.9. The molecule has 2 aromatic carbocycles. The van der Waals surface area contributed by atoms with E-state index in [-0.39, 0.29) is 6.10 Å². The first-order valence-electron chi connectivity index (χ1n) is 9.02. The third-order valence-electron chi connectivity index (χ3n) is 4.50. The highest BCUT2D eigenvalue weighted by Crippen LogP contribution is 2.27. The molecule has 0 amide bonds. The molecular weight excluding hydrogens is 422 g/mol. The second-order valence-electron chi connectivity index (χ2n) is 6.51.